The molecule has 2 atom stereocenters. The SMILES string of the molecule is CN1C(=O)C[C@@H](C(=O)O)[C@H]1c1ccccc1Cl. The Morgan fingerprint density at radius 3 is 2.71 bits per heavy atom. The summed E-state index contributed by atoms with van der Waals surface area (Å²) in [6, 6.07) is 6.55. The highest BCUT2D eigenvalue weighted by Gasteiger charge is 2.43. The van der Waals surface area contributed by atoms with Crippen LogP contribution in [0.1, 0.15) is 18.0 Å². The molecule has 1 fully saturated rings. The molecule has 17 heavy (non-hydrogen) atoms. The average Bonchev–Trinajstić information content (AvgIpc) is 2.57. The van der Waals surface area contributed by atoms with Crippen LogP contribution in [0.2, 0.25) is 5.02 Å². The number of likely N-dealkylation sites (tertiary alicyclic amines) is 1. The minimum absolute atomic E-state index is 0.0295. The number of aliphatic carboxylic acids is 1. The van der Waals surface area contributed by atoms with Gasteiger partial charge in [-0.1, -0.05) is 29.8 Å². The standard InChI is InChI=1S/C12H12ClNO3/c1-14-10(15)6-8(12(16)17)11(14)7-4-2-3-5-9(7)13/h2-5,8,11H,6H2,1H3,(H,16,17)/t8-,11-/m1/s1. The van der Waals surface area contributed by atoms with E-state index in [4.69, 9.17) is 16.7 Å². The second-order valence-electron chi connectivity index (χ2n) is 4.12. The van der Waals surface area contributed by atoms with Crippen LogP contribution in [0.15, 0.2) is 24.3 Å². The third-order valence-electron chi connectivity index (χ3n) is 3.13. The van der Waals surface area contributed by atoms with Crippen molar-refractivity contribution in [3.63, 3.8) is 0 Å². The van der Waals surface area contributed by atoms with Crippen molar-refractivity contribution in [2.45, 2.75) is 12.5 Å². The Kier molecular flexibility index (Phi) is 3.07. The predicted molar refractivity (Wildman–Crippen MR) is 62.7 cm³/mol. The molecule has 0 saturated carbocycles. The van der Waals surface area contributed by atoms with Crippen LogP contribution in [0.25, 0.3) is 0 Å². The van der Waals surface area contributed by atoms with Crippen molar-refractivity contribution < 1.29 is 14.7 Å². The van der Waals surface area contributed by atoms with Gasteiger partial charge in [-0.05, 0) is 11.6 Å². The number of hydrogen-bond donors (Lipinski definition) is 1. The molecular weight excluding hydrogens is 242 g/mol. The highest BCUT2D eigenvalue weighted by atomic mass is 35.5. The lowest BCUT2D eigenvalue weighted by Gasteiger charge is -2.24. The Morgan fingerprint density at radius 2 is 2.12 bits per heavy atom. The third kappa shape index (κ3) is 2.00. The van der Waals surface area contributed by atoms with Crippen molar-refractivity contribution in [3.8, 4) is 0 Å². The smallest absolute Gasteiger partial charge is 0.309 e. The van der Waals surface area contributed by atoms with Crippen LogP contribution in [0.3, 0.4) is 0 Å². The molecule has 0 aliphatic carbocycles. The summed E-state index contributed by atoms with van der Waals surface area (Å²) in [6.45, 7) is 0. The van der Waals surface area contributed by atoms with Crippen LogP contribution in [0, 0.1) is 5.92 Å². The van der Waals surface area contributed by atoms with E-state index in [0.29, 0.717) is 10.6 Å². The first-order valence-electron chi connectivity index (χ1n) is 5.25. The Hall–Kier alpha value is -1.55. The number of rotatable bonds is 2. The number of carbonyl (C=O) groups is 2. The van der Waals surface area contributed by atoms with E-state index >= 15 is 0 Å². The van der Waals surface area contributed by atoms with E-state index < -0.39 is 17.9 Å². The monoisotopic (exact) mass is 253 g/mol. The summed E-state index contributed by atoms with van der Waals surface area (Å²) >= 11 is 6.06. The summed E-state index contributed by atoms with van der Waals surface area (Å²) in [5.74, 6) is -1.86. The Bertz CT molecular complexity index is 475. The molecule has 1 aromatic rings. The van der Waals surface area contributed by atoms with Crippen molar-refractivity contribution in [2.75, 3.05) is 7.05 Å². The van der Waals surface area contributed by atoms with Gasteiger partial charge in [-0.25, -0.2) is 0 Å². The fourth-order valence-corrected chi connectivity index (χ4v) is 2.48. The van der Waals surface area contributed by atoms with Crippen LogP contribution >= 0.6 is 11.6 Å². The van der Waals surface area contributed by atoms with Gasteiger partial charge < -0.3 is 10.0 Å². The van der Waals surface area contributed by atoms with Crippen LogP contribution < -0.4 is 0 Å². The summed E-state index contributed by atoms with van der Waals surface area (Å²) in [4.78, 5) is 24.2. The molecule has 1 amide bonds. The van der Waals surface area contributed by atoms with E-state index in [1.165, 1.54) is 4.90 Å². The van der Waals surface area contributed by atoms with Gasteiger partial charge >= 0.3 is 5.97 Å². The summed E-state index contributed by atoms with van der Waals surface area (Å²) in [6.07, 6.45) is 0.0295. The summed E-state index contributed by atoms with van der Waals surface area (Å²) in [7, 11) is 1.61. The molecule has 1 aliphatic rings. The zero-order valence-electron chi connectivity index (χ0n) is 9.26. The molecule has 5 heteroatoms. The maximum atomic E-state index is 11.6. The molecular formula is C12H12ClNO3. The molecule has 2 rings (SSSR count). The molecule has 0 aromatic heterocycles. The number of halogens is 1. The molecule has 90 valence electrons. The van der Waals surface area contributed by atoms with Gasteiger partial charge in [0.1, 0.15) is 0 Å². The van der Waals surface area contributed by atoms with Gasteiger partial charge in [-0.15, -0.1) is 0 Å². The van der Waals surface area contributed by atoms with Crippen LogP contribution in [-0.2, 0) is 9.59 Å². The number of nitrogens with zero attached hydrogens (tertiary/aromatic N) is 1. The van der Waals surface area contributed by atoms with Gasteiger partial charge in [0.25, 0.3) is 0 Å². The Balaban J connectivity index is 2.44. The normalized spacial score (nSPS) is 24.1. The first-order chi connectivity index (χ1) is 8.02. The van der Waals surface area contributed by atoms with E-state index in [2.05, 4.69) is 0 Å². The lowest BCUT2D eigenvalue weighted by Crippen LogP contribution is -2.27. The second kappa shape index (κ2) is 4.37. The number of carbonyl (C=O) groups excluding carboxylic acids is 1. The van der Waals surface area contributed by atoms with Gasteiger partial charge in [0.05, 0.1) is 12.0 Å². The first-order valence-corrected chi connectivity index (χ1v) is 5.63. The Labute approximate surface area is 104 Å². The fraction of sp³-hybridized carbons (Fsp3) is 0.333. The number of amides is 1. The summed E-state index contributed by atoms with van der Waals surface area (Å²) in [5.41, 5.74) is 0.690. The van der Waals surface area contributed by atoms with E-state index in [1.807, 2.05) is 0 Å². The fourth-order valence-electron chi connectivity index (χ4n) is 2.23. The maximum Gasteiger partial charge on any atom is 0.309 e. The molecule has 0 radical (unpaired) electrons. The van der Waals surface area contributed by atoms with Gasteiger partial charge in [0, 0.05) is 18.5 Å². The van der Waals surface area contributed by atoms with Gasteiger partial charge in [0.15, 0.2) is 0 Å². The van der Waals surface area contributed by atoms with E-state index in [-0.39, 0.29) is 12.3 Å². The second-order valence-corrected chi connectivity index (χ2v) is 4.53. The average molecular weight is 254 g/mol. The van der Waals surface area contributed by atoms with Gasteiger partial charge in [0.2, 0.25) is 5.91 Å². The largest absolute Gasteiger partial charge is 0.481 e. The highest BCUT2D eigenvalue weighted by Crippen LogP contribution is 2.39. The molecule has 1 aliphatic heterocycles. The zero-order chi connectivity index (χ0) is 12.6. The maximum absolute atomic E-state index is 11.6. The molecule has 0 spiro atoms. The van der Waals surface area contributed by atoms with E-state index in [1.54, 1.807) is 31.3 Å². The first kappa shape index (κ1) is 11.9. The van der Waals surface area contributed by atoms with Crippen molar-refractivity contribution in [2.24, 2.45) is 5.92 Å². The minimum Gasteiger partial charge on any atom is -0.481 e. The summed E-state index contributed by atoms with van der Waals surface area (Å²) < 4.78 is 0. The van der Waals surface area contributed by atoms with Crippen molar-refractivity contribution >= 4 is 23.5 Å². The molecule has 4 nitrogen and oxygen atoms in total. The lowest BCUT2D eigenvalue weighted by molar-refractivity contribution is -0.142. The number of hydrogen-bond acceptors (Lipinski definition) is 2. The molecule has 1 heterocycles. The predicted octanol–water partition coefficient (Wildman–Crippen LogP) is 1.94. The van der Waals surface area contributed by atoms with Gasteiger partial charge in [-0.3, -0.25) is 9.59 Å². The lowest BCUT2D eigenvalue weighted by atomic mass is 9.94. The van der Waals surface area contributed by atoms with Crippen LogP contribution in [0.4, 0.5) is 0 Å². The Morgan fingerprint density at radius 1 is 1.47 bits per heavy atom. The number of benzene rings is 1. The molecule has 1 N–H and O–H groups in total. The third-order valence-corrected chi connectivity index (χ3v) is 3.47. The van der Waals surface area contributed by atoms with Crippen molar-refractivity contribution in [1.82, 2.24) is 4.90 Å². The molecule has 0 bridgehead atoms. The minimum atomic E-state index is -0.965. The van der Waals surface area contributed by atoms with Crippen molar-refractivity contribution in [3.05, 3.63) is 34.9 Å². The number of carboxylic acids is 1. The number of carboxylic acid groups (broad SMARTS) is 1. The highest BCUT2D eigenvalue weighted by molar-refractivity contribution is 6.31. The van der Waals surface area contributed by atoms with Crippen LogP contribution in [-0.4, -0.2) is 28.9 Å². The quantitative estimate of drug-likeness (QED) is 0.876. The summed E-state index contributed by atoms with van der Waals surface area (Å²) in [5, 5.41) is 9.64. The van der Waals surface area contributed by atoms with Gasteiger partial charge in [-0.2, -0.15) is 0 Å². The topological polar surface area (TPSA) is 57.6 Å². The van der Waals surface area contributed by atoms with E-state index in [9.17, 15) is 9.59 Å². The zero-order valence-corrected chi connectivity index (χ0v) is 10.0. The van der Waals surface area contributed by atoms with Crippen LogP contribution in [0.5, 0.6) is 0 Å². The van der Waals surface area contributed by atoms with Crippen molar-refractivity contribution in [1.29, 1.82) is 0 Å². The molecule has 1 aromatic carbocycles. The molecule has 1 saturated heterocycles. The molecule has 0 unspecified atom stereocenters. The van der Waals surface area contributed by atoms with E-state index in [0.717, 1.165) is 0 Å².